The second kappa shape index (κ2) is 15.8. The number of aliphatic hydroxyl groups is 1. The summed E-state index contributed by atoms with van der Waals surface area (Å²) >= 11 is 3.73. The molecule has 7 aromatic rings. The zero-order chi connectivity index (χ0) is 41.8. The highest BCUT2D eigenvalue weighted by atomic mass is 79.9. The highest BCUT2D eigenvalue weighted by Gasteiger charge is 2.66. The fourth-order valence-corrected chi connectivity index (χ4v) is 14.2. The largest absolute Gasteiger partial charge is 0.497 e. The molecule has 1 amide bonds. The number of nitrogens with one attached hydrogen (secondary N) is 1. The summed E-state index contributed by atoms with van der Waals surface area (Å²) in [6, 6.07) is 39.5. The Morgan fingerprint density at radius 3 is 2.40 bits per heavy atom. The van der Waals surface area contributed by atoms with E-state index in [0.717, 1.165) is 38.1 Å². The SMILES string of the molecule is COc1ccc([Si](C)(C)[C@@H]2[C@@H](CCn3cc(C(CO)c4ccccc4)nn3)O[C@]3(C(=O)N(Cc4ccc(-n5[nH]c6ccccc6c5=O)cc4)c4ccc(Br)cc43)[C@H]2C)cc1. The zero-order valence-electron chi connectivity index (χ0n) is 34.0. The van der Waals surface area contributed by atoms with Crippen LogP contribution in [0.15, 0.2) is 137 Å². The minimum Gasteiger partial charge on any atom is -0.497 e. The summed E-state index contributed by atoms with van der Waals surface area (Å²) in [5, 5.41) is 24.4. The molecule has 13 heteroatoms. The quantitative estimate of drug-likeness (QED) is 0.121. The number of ether oxygens (including phenoxy) is 2. The van der Waals surface area contributed by atoms with Crippen molar-refractivity contribution in [2.75, 3.05) is 18.6 Å². The van der Waals surface area contributed by atoms with Crippen LogP contribution in [0.5, 0.6) is 5.75 Å². The van der Waals surface area contributed by atoms with Crippen LogP contribution in [0.1, 0.15) is 41.6 Å². The standard InChI is InChI=1S/C47H47BrN6O5Si/c1-30-44(60(3,4)36-21-19-35(58-2)20-22-36)43(24-25-52-28-41(49-51-52)38(29-55)32-10-6-5-7-11-32)59-47(30)39-26-33(48)16-23-42(39)53(46(47)57)27-31-14-17-34(18-15-31)54-45(56)37-12-8-9-13-40(37)50-54/h5-23,26,28,30,38,43-44,50,55H,24-25,27,29H2,1-4H3/t30-,38?,43+,44-,47+/m0/s1. The Bertz CT molecular complexity index is 2730. The number of aromatic nitrogens is 5. The molecule has 2 N–H and O–H groups in total. The molecule has 1 fully saturated rings. The second-order valence-corrected chi connectivity index (χ2v) is 22.1. The van der Waals surface area contributed by atoms with Crippen molar-refractivity contribution in [3.8, 4) is 11.4 Å². The minimum atomic E-state index is -2.39. The first-order valence-electron chi connectivity index (χ1n) is 20.3. The molecule has 0 aliphatic carbocycles. The number of anilines is 1. The number of hydrogen-bond acceptors (Lipinski definition) is 7. The van der Waals surface area contributed by atoms with Crippen LogP contribution in [-0.2, 0) is 28.2 Å². The lowest BCUT2D eigenvalue weighted by atomic mass is 9.82. The van der Waals surface area contributed by atoms with Crippen LogP contribution < -0.4 is 20.4 Å². The van der Waals surface area contributed by atoms with E-state index in [0.29, 0.717) is 36.3 Å². The van der Waals surface area contributed by atoms with Crippen molar-refractivity contribution in [1.29, 1.82) is 0 Å². The molecule has 9 rings (SSSR count). The molecule has 1 saturated heterocycles. The van der Waals surface area contributed by atoms with Crippen molar-refractivity contribution in [2.45, 2.75) is 62.7 Å². The van der Waals surface area contributed by atoms with E-state index in [9.17, 15) is 9.90 Å². The van der Waals surface area contributed by atoms with Crippen LogP contribution in [-0.4, -0.2) is 63.7 Å². The van der Waals surface area contributed by atoms with Gasteiger partial charge in [0.1, 0.15) is 5.75 Å². The number of aryl methyl sites for hydroxylation is 1. The third-order valence-corrected chi connectivity index (χ3v) is 17.7. The molecule has 60 heavy (non-hydrogen) atoms. The van der Waals surface area contributed by atoms with E-state index < -0.39 is 13.7 Å². The van der Waals surface area contributed by atoms with Gasteiger partial charge in [0.25, 0.3) is 11.5 Å². The molecule has 5 aromatic carbocycles. The first-order chi connectivity index (χ1) is 29.0. The Morgan fingerprint density at radius 2 is 1.68 bits per heavy atom. The van der Waals surface area contributed by atoms with Gasteiger partial charge in [-0.15, -0.1) is 5.10 Å². The molecule has 0 radical (unpaired) electrons. The van der Waals surface area contributed by atoms with Crippen molar-refractivity contribution < 1.29 is 19.4 Å². The Hall–Kier alpha value is -5.60. The minimum absolute atomic E-state index is 0.0352. The van der Waals surface area contributed by atoms with Crippen LogP contribution in [0.25, 0.3) is 16.6 Å². The van der Waals surface area contributed by atoms with Crippen molar-refractivity contribution in [3.63, 3.8) is 0 Å². The Kier molecular flexibility index (Phi) is 10.5. The summed E-state index contributed by atoms with van der Waals surface area (Å²) < 4.78 is 17.2. The smallest absolute Gasteiger partial charge is 0.279 e. The molecule has 11 nitrogen and oxygen atoms in total. The number of fused-ring (bicyclic) bond motifs is 3. The first-order valence-corrected chi connectivity index (χ1v) is 24.2. The molecular formula is C47H47BrN6O5Si. The second-order valence-electron chi connectivity index (χ2n) is 16.5. The lowest BCUT2D eigenvalue weighted by Gasteiger charge is -2.37. The fourth-order valence-electron chi connectivity index (χ4n) is 9.78. The summed E-state index contributed by atoms with van der Waals surface area (Å²) in [6.07, 6.45) is 2.23. The van der Waals surface area contributed by atoms with Gasteiger partial charge in [-0.25, -0.2) is 4.68 Å². The van der Waals surface area contributed by atoms with E-state index in [1.54, 1.807) is 11.8 Å². The van der Waals surface area contributed by atoms with Crippen LogP contribution in [0.2, 0.25) is 18.6 Å². The summed E-state index contributed by atoms with van der Waals surface area (Å²) in [6.45, 7) is 7.72. The van der Waals surface area contributed by atoms with Gasteiger partial charge < -0.3 is 19.5 Å². The van der Waals surface area contributed by atoms with Gasteiger partial charge >= 0.3 is 0 Å². The number of benzene rings is 5. The maximum Gasteiger partial charge on any atom is 0.279 e. The van der Waals surface area contributed by atoms with Crippen molar-refractivity contribution in [2.24, 2.45) is 5.92 Å². The molecule has 4 heterocycles. The molecular weight excluding hydrogens is 837 g/mol. The number of carbonyl (C=O) groups is 1. The Morgan fingerprint density at radius 1 is 0.950 bits per heavy atom. The number of aliphatic hydroxyl groups excluding tert-OH is 1. The fraction of sp³-hybridized carbons (Fsp3) is 0.277. The van der Waals surface area contributed by atoms with Gasteiger partial charge in [0.2, 0.25) is 0 Å². The molecule has 2 aliphatic heterocycles. The average Bonchev–Trinajstić information content (AvgIpc) is 4.01. The summed E-state index contributed by atoms with van der Waals surface area (Å²) in [7, 11) is -0.716. The average molecular weight is 884 g/mol. The lowest BCUT2D eigenvalue weighted by Crippen LogP contribution is -2.51. The third kappa shape index (κ3) is 6.73. The molecule has 0 bridgehead atoms. The highest BCUT2D eigenvalue weighted by Crippen LogP contribution is 2.60. The van der Waals surface area contributed by atoms with E-state index in [4.69, 9.17) is 9.47 Å². The van der Waals surface area contributed by atoms with Gasteiger partial charge in [-0.05, 0) is 77.7 Å². The van der Waals surface area contributed by atoms with Gasteiger partial charge in [-0.3, -0.25) is 19.4 Å². The summed E-state index contributed by atoms with van der Waals surface area (Å²) in [5.74, 6) is 0.247. The lowest BCUT2D eigenvalue weighted by molar-refractivity contribution is -0.146. The number of H-pyrrole nitrogens is 1. The first kappa shape index (κ1) is 39.8. The number of para-hydroxylation sites is 1. The van der Waals surface area contributed by atoms with Crippen molar-refractivity contribution in [1.82, 2.24) is 24.8 Å². The molecule has 306 valence electrons. The predicted octanol–water partition coefficient (Wildman–Crippen LogP) is 7.66. The van der Waals surface area contributed by atoms with Crippen LogP contribution in [0.4, 0.5) is 5.69 Å². The number of methoxy groups -OCH3 is 1. The van der Waals surface area contributed by atoms with Crippen LogP contribution >= 0.6 is 15.9 Å². The highest BCUT2D eigenvalue weighted by molar-refractivity contribution is 9.10. The Labute approximate surface area is 357 Å². The molecule has 2 aliphatic rings. The number of hydrogen-bond donors (Lipinski definition) is 2. The third-order valence-electron chi connectivity index (χ3n) is 12.9. The topological polar surface area (TPSA) is 127 Å². The van der Waals surface area contributed by atoms with Crippen LogP contribution in [0, 0.1) is 5.92 Å². The number of carbonyl (C=O) groups excluding carboxylic acids is 1. The van der Waals surface area contributed by atoms with E-state index in [2.05, 4.69) is 69.6 Å². The molecule has 0 saturated carbocycles. The number of amides is 1. The summed E-state index contributed by atoms with van der Waals surface area (Å²) in [4.78, 5) is 30.4. The maximum absolute atomic E-state index is 15.4. The van der Waals surface area contributed by atoms with Crippen molar-refractivity contribution >= 4 is 51.7 Å². The number of aromatic amines is 1. The van der Waals surface area contributed by atoms with E-state index in [1.807, 2.05) is 119 Å². The van der Waals surface area contributed by atoms with Gasteiger partial charge in [0.05, 0.1) is 68.3 Å². The van der Waals surface area contributed by atoms with Crippen molar-refractivity contribution in [3.05, 3.63) is 165 Å². The number of nitrogens with zero attached hydrogens (tertiary/aromatic N) is 5. The molecule has 5 atom stereocenters. The number of rotatable bonds is 12. The monoisotopic (exact) mass is 882 g/mol. The van der Waals surface area contributed by atoms with Gasteiger partial charge in [-0.2, -0.15) is 0 Å². The Balaban J connectivity index is 1.05. The predicted molar refractivity (Wildman–Crippen MR) is 239 cm³/mol. The molecule has 1 spiro atoms. The van der Waals surface area contributed by atoms with Gasteiger partial charge in [-0.1, -0.05) is 113 Å². The number of halogens is 1. The van der Waals surface area contributed by atoms with Gasteiger partial charge in [0.15, 0.2) is 5.60 Å². The van der Waals surface area contributed by atoms with Crippen LogP contribution in [0.3, 0.4) is 0 Å². The van der Waals surface area contributed by atoms with E-state index in [1.165, 1.54) is 5.19 Å². The maximum atomic E-state index is 15.4. The molecule has 2 aromatic heterocycles. The van der Waals surface area contributed by atoms with Gasteiger partial charge in [0, 0.05) is 28.7 Å². The normalized spacial score (nSPS) is 20.6. The molecule has 1 unspecified atom stereocenters. The summed E-state index contributed by atoms with van der Waals surface area (Å²) in [5.41, 5.74) is 4.46. The van der Waals surface area contributed by atoms with E-state index >= 15 is 4.79 Å². The van der Waals surface area contributed by atoms with E-state index in [-0.39, 0.29) is 41.6 Å². The zero-order valence-corrected chi connectivity index (χ0v) is 36.5.